The van der Waals surface area contributed by atoms with Crippen LogP contribution >= 0.6 is 0 Å². The van der Waals surface area contributed by atoms with Gasteiger partial charge in [0.15, 0.2) is 0 Å². The van der Waals surface area contributed by atoms with Gasteiger partial charge in [0.1, 0.15) is 12.4 Å². The zero-order valence-electron chi connectivity index (χ0n) is 3.87. The van der Waals surface area contributed by atoms with Crippen molar-refractivity contribution in [1.82, 2.24) is 15.0 Å². The summed E-state index contributed by atoms with van der Waals surface area (Å²) in [7, 11) is 0. The molecule has 0 aromatic carbocycles. The molecule has 1 aromatic heterocycles. The van der Waals surface area contributed by atoms with E-state index in [1.165, 1.54) is 6.33 Å². The summed E-state index contributed by atoms with van der Waals surface area (Å²) in [6, 6.07) is 1.73. The minimum absolute atomic E-state index is 0.0972. The maximum absolute atomic E-state index is 8.11. The lowest BCUT2D eigenvalue weighted by Gasteiger charge is -1.77. The molecule has 4 nitrogen and oxygen atoms in total. The van der Waals surface area contributed by atoms with E-state index >= 15 is 0 Å². The van der Waals surface area contributed by atoms with Crippen molar-refractivity contribution >= 4 is 0 Å². The van der Waals surface area contributed by atoms with E-state index < -0.39 is 0 Å². The SMILES string of the molecule is N#Cc1n[c]ncn1. The molecule has 0 saturated heterocycles. The fraction of sp³-hybridized carbons (Fsp3) is 0. The summed E-state index contributed by atoms with van der Waals surface area (Å²) in [5.41, 5.74) is 0. The number of aromatic nitrogens is 3. The first kappa shape index (κ1) is 4.65. The van der Waals surface area contributed by atoms with Gasteiger partial charge in [-0.25, -0.2) is 9.97 Å². The maximum atomic E-state index is 8.11. The van der Waals surface area contributed by atoms with Crippen molar-refractivity contribution in [3.63, 3.8) is 0 Å². The van der Waals surface area contributed by atoms with Crippen LogP contribution in [0.4, 0.5) is 0 Å². The molecule has 0 spiro atoms. The number of hydrogen-bond donors (Lipinski definition) is 0. The number of nitrogens with zero attached hydrogens (tertiary/aromatic N) is 4. The molecule has 0 aliphatic heterocycles. The smallest absolute Gasteiger partial charge is 0.213 e. The average Bonchev–Trinajstić information content (AvgIpc) is 1.90. The Morgan fingerprint density at radius 2 is 2.62 bits per heavy atom. The zero-order chi connectivity index (χ0) is 5.82. The highest BCUT2D eigenvalue weighted by atomic mass is 15.0. The molecule has 8 heavy (non-hydrogen) atoms. The molecule has 4 heteroatoms. The maximum Gasteiger partial charge on any atom is 0.235 e. The van der Waals surface area contributed by atoms with Crippen LogP contribution in [0.25, 0.3) is 0 Å². The van der Waals surface area contributed by atoms with E-state index in [1.54, 1.807) is 6.07 Å². The summed E-state index contributed by atoms with van der Waals surface area (Å²) < 4.78 is 0. The summed E-state index contributed by atoms with van der Waals surface area (Å²) in [6.45, 7) is 0. The minimum Gasteiger partial charge on any atom is -0.213 e. The first-order valence-electron chi connectivity index (χ1n) is 1.88. The summed E-state index contributed by atoms with van der Waals surface area (Å²) in [4.78, 5) is 10.3. The van der Waals surface area contributed by atoms with Crippen LogP contribution in [0.1, 0.15) is 5.82 Å². The van der Waals surface area contributed by atoms with E-state index in [-0.39, 0.29) is 5.82 Å². The zero-order valence-corrected chi connectivity index (χ0v) is 3.87. The first-order valence-corrected chi connectivity index (χ1v) is 1.88. The van der Waals surface area contributed by atoms with Crippen LogP contribution in [0.2, 0.25) is 0 Å². The van der Waals surface area contributed by atoms with Gasteiger partial charge < -0.3 is 0 Å². The van der Waals surface area contributed by atoms with Crippen molar-refractivity contribution in [1.29, 1.82) is 5.26 Å². The van der Waals surface area contributed by atoms with E-state index in [2.05, 4.69) is 21.3 Å². The Hall–Kier alpha value is -1.50. The lowest BCUT2D eigenvalue weighted by molar-refractivity contribution is 1.00. The van der Waals surface area contributed by atoms with Crippen molar-refractivity contribution in [2.45, 2.75) is 0 Å². The van der Waals surface area contributed by atoms with Crippen LogP contribution in [-0.2, 0) is 0 Å². The minimum atomic E-state index is 0.0972. The van der Waals surface area contributed by atoms with Gasteiger partial charge in [-0.15, -0.1) is 0 Å². The van der Waals surface area contributed by atoms with Crippen LogP contribution in [0.5, 0.6) is 0 Å². The Labute approximate surface area is 45.8 Å². The lowest BCUT2D eigenvalue weighted by atomic mass is 10.7. The highest BCUT2D eigenvalue weighted by molar-refractivity contribution is 5.04. The molecule has 0 aliphatic rings. The van der Waals surface area contributed by atoms with Crippen molar-refractivity contribution in [2.75, 3.05) is 0 Å². The van der Waals surface area contributed by atoms with E-state index in [4.69, 9.17) is 5.26 Å². The summed E-state index contributed by atoms with van der Waals surface area (Å²) in [6.07, 6.45) is 3.45. The highest BCUT2D eigenvalue weighted by Crippen LogP contribution is 1.75. The molecule has 1 aromatic rings. The average molecular weight is 105 g/mol. The standard InChI is InChI=1S/C4HN4/c5-1-4-7-2-6-3-8-4/h2H. The topological polar surface area (TPSA) is 62.5 Å². The molecule has 0 fully saturated rings. The Morgan fingerprint density at radius 3 is 3.00 bits per heavy atom. The van der Waals surface area contributed by atoms with Gasteiger partial charge in [-0.2, -0.15) is 10.2 Å². The second-order valence-corrected chi connectivity index (χ2v) is 1.02. The largest absolute Gasteiger partial charge is 0.235 e. The molecule has 0 unspecified atom stereocenters. The van der Waals surface area contributed by atoms with Crippen molar-refractivity contribution in [3.05, 3.63) is 18.5 Å². The molecule has 0 atom stereocenters. The van der Waals surface area contributed by atoms with E-state index in [1.807, 2.05) is 0 Å². The highest BCUT2D eigenvalue weighted by Gasteiger charge is 1.85. The Balaban J connectivity index is 3.05. The van der Waals surface area contributed by atoms with Crippen LogP contribution in [0.15, 0.2) is 6.33 Å². The van der Waals surface area contributed by atoms with Crippen LogP contribution in [0, 0.1) is 17.7 Å². The van der Waals surface area contributed by atoms with Crippen LogP contribution in [0.3, 0.4) is 0 Å². The number of nitriles is 1. The molecule has 1 heterocycles. The first-order chi connectivity index (χ1) is 3.93. The van der Waals surface area contributed by atoms with Gasteiger partial charge in [0, 0.05) is 0 Å². The van der Waals surface area contributed by atoms with Gasteiger partial charge in [-0.05, 0) is 0 Å². The van der Waals surface area contributed by atoms with E-state index in [0.717, 1.165) is 0 Å². The number of rotatable bonds is 0. The molecule has 0 saturated carbocycles. The third-order valence-corrected chi connectivity index (χ3v) is 0.551. The molecule has 0 aliphatic carbocycles. The van der Waals surface area contributed by atoms with E-state index in [0.29, 0.717) is 0 Å². The third-order valence-electron chi connectivity index (χ3n) is 0.551. The van der Waals surface area contributed by atoms with Gasteiger partial charge in [0.25, 0.3) is 0 Å². The second kappa shape index (κ2) is 1.98. The molecule has 0 N–H and O–H groups in total. The van der Waals surface area contributed by atoms with Gasteiger partial charge in [-0.3, -0.25) is 0 Å². The van der Waals surface area contributed by atoms with Crippen molar-refractivity contribution in [3.8, 4) is 6.07 Å². The molecular weight excluding hydrogens is 104 g/mol. The molecule has 0 amide bonds. The molecular formula is C4HN4. The normalized spacial score (nSPS) is 7.88. The van der Waals surface area contributed by atoms with Crippen molar-refractivity contribution < 1.29 is 0 Å². The van der Waals surface area contributed by atoms with Gasteiger partial charge in [0.2, 0.25) is 12.2 Å². The predicted octanol–water partition coefficient (Wildman–Crippen LogP) is -0.457. The quantitative estimate of drug-likeness (QED) is 0.448. The predicted molar refractivity (Wildman–Crippen MR) is 23.4 cm³/mol. The van der Waals surface area contributed by atoms with Gasteiger partial charge in [0.05, 0.1) is 0 Å². The Bertz CT molecular complexity index is 199. The van der Waals surface area contributed by atoms with E-state index in [9.17, 15) is 0 Å². The molecule has 1 radical (unpaired) electrons. The molecule has 0 bridgehead atoms. The van der Waals surface area contributed by atoms with Crippen molar-refractivity contribution in [2.24, 2.45) is 0 Å². The summed E-state index contributed by atoms with van der Waals surface area (Å²) >= 11 is 0. The number of hydrogen-bond acceptors (Lipinski definition) is 4. The molecule has 1 rings (SSSR count). The fourth-order valence-corrected chi connectivity index (χ4v) is 0.268. The fourth-order valence-electron chi connectivity index (χ4n) is 0.268. The van der Waals surface area contributed by atoms with Gasteiger partial charge >= 0.3 is 0 Å². The van der Waals surface area contributed by atoms with Crippen LogP contribution < -0.4 is 0 Å². The second-order valence-electron chi connectivity index (χ2n) is 1.02. The summed E-state index contributed by atoms with van der Waals surface area (Å²) in [5, 5.41) is 8.11. The Morgan fingerprint density at radius 1 is 1.75 bits per heavy atom. The lowest BCUT2D eigenvalue weighted by Crippen LogP contribution is -1.86. The Kier molecular flexibility index (Phi) is 1.15. The third kappa shape index (κ3) is 0.763. The summed E-state index contributed by atoms with van der Waals surface area (Å²) in [5.74, 6) is 0.0972. The van der Waals surface area contributed by atoms with Crippen LogP contribution in [-0.4, -0.2) is 15.0 Å². The monoisotopic (exact) mass is 105 g/mol. The molecule has 37 valence electrons. The van der Waals surface area contributed by atoms with Gasteiger partial charge in [-0.1, -0.05) is 0 Å².